The Bertz CT molecular complexity index is 715. The van der Waals surface area contributed by atoms with E-state index >= 15 is 0 Å². The van der Waals surface area contributed by atoms with Gasteiger partial charge in [0.25, 0.3) is 0 Å². The van der Waals surface area contributed by atoms with Crippen molar-refractivity contribution in [2.45, 2.75) is 13.1 Å². The van der Waals surface area contributed by atoms with E-state index in [-0.39, 0.29) is 0 Å². The molecule has 0 N–H and O–H groups in total. The minimum Gasteiger partial charge on any atom is -0.378 e. The highest BCUT2D eigenvalue weighted by Crippen LogP contribution is 2.15. The molecule has 2 aromatic carbocycles. The van der Waals surface area contributed by atoms with Crippen LogP contribution in [0.25, 0.3) is 0 Å². The maximum atomic E-state index is 2.40. The third kappa shape index (κ3) is 4.53. The van der Waals surface area contributed by atoms with Crippen LogP contribution in [-0.2, 0) is 13.1 Å². The number of anilines is 2. The van der Waals surface area contributed by atoms with E-state index in [1.54, 1.807) is 0 Å². The van der Waals surface area contributed by atoms with Gasteiger partial charge in [0.2, 0.25) is 6.34 Å². The third-order valence-electron chi connectivity index (χ3n) is 4.68. The van der Waals surface area contributed by atoms with E-state index in [1.165, 1.54) is 22.5 Å². The van der Waals surface area contributed by atoms with Crippen LogP contribution in [0.1, 0.15) is 11.1 Å². The number of hydrogen-bond acceptors (Lipinski definition) is 3. The van der Waals surface area contributed by atoms with E-state index in [1.807, 2.05) is 0 Å². The molecule has 0 saturated heterocycles. The number of benzene rings is 2. The van der Waals surface area contributed by atoms with Gasteiger partial charge in [0.1, 0.15) is 26.2 Å². The van der Waals surface area contributed by atoms with E-state index < -0.39 is 0 Å². The van der Waals surface area contributed by atoms with Gasteiger partial charge in [0.15, 0.2) is 0 Å². The molecule has 0 amide bonds. The molecule has 1 aliphatic heterocycles. The Balaban J connectivity index is 1.58. The van der Waals surface area contributed by atoms with Crippen molar-refractivity contribution < 1.29 is 4.58 Å². The van der Waals surface area contributed by atoms with Gasteiger partial charge in [-0.15, -0.1) is 0 Å². The van der Waals surface area contributed by atoms with Crippen LogP contribution in [0.15, 0.2) is 48.5 Å². The molecule has 1 aliphatic rings. The van der Waals surface area contributed by atoms with E-state index in [0.717, 1.165) is 26.2 Å². The van der Waals surface area contributed by atoms with Crippen molar-refractivity contribution in [3.63, 3.8) is 0 Å². The first-order valence-electron chi connectivity index (χ1n) is 8.87. The zero-order chi connectivity index (χ0) is 17.8. The van der Waals surface area contributed by atoms with Gasteiger partial charge < -0.3 is 9.80 Å². The van der Waals surface area contributed by atoms with Crippen molar-refractivity contribution in [3.05, 3.63) is 59.7 Å². The van der Waals surface area contributed by atoms with E-state index in [4.69, 9.17) is 0 Å². The largest absolute Gasteiger partial charge is 0.378 e. The molecule has 0 aliphatic carbocycles. The summed E-state index contributed by atoms with van der Waals surface area (Å²) in [4.78, 5) is 6.67. The maximum absolute atomic E-state index is 2.40. The molecular weight excluding hydrogens is 308 g/mol. The lowest BCUT2D eigenvalue weighted by molar-refractivity contribution is -0.530. The standard InChI is InChI=1S/C21H29N4/c1-22(2)20-9-5-18(6-10-20)15-24-13-14-25(17-24)16-19-7-11-21(12-8-19)23(3)4/h5-12,17H,13-16H2,1-4H3/q+1. The Labute approximate surface area is 151 Å². The molecule has 3 rings (SSSR count). The summed E-state index contributed by atoms with van der Waals surface area (Å²) in [5.41, 5.74) is 5.21. The molecule has 0 saturated carbocycles. The van der Waals surface area contributed by atoms with Gasteiger partial charge in [-0.25, -0.2) is 0 Å². The Morgan fingerprint density at radius 2 is 1.32 bits per heavy atom. The molecule has 1 heterocycles. The first-order valence-corrected chi connectivity index (χ1v) is 8.87. The lowest BCUT2D eigenvalue weighted by atomic mass is 10.2. The van der Waals surface area contributed by atoms with Crippen LogP contribution >= 0.6 is 0 Å². The van der Waals surface area contributed by atoms with Gasteiger partial charge in [-0.3, -0.25) is 9.48 Å². The summed E-state index contributed by atoms with van der Waals surface area (Å²) in [5, 5.41) is 0. The lowest BCUT2D eigenvalue weighted by Crippen LogP contribution is -2.19. The van der Waals surface area contributed by atoms with Gasteiger partial charge in [0, 0.05) is 39.6 Å². The van der Waals surface area contributed by atoms with Gasteiger partial charge in [-0.05, 0) is 35.4 Å². The first kappa shape index (κ1) is 17.3. The highest BCUT2D eigenvalue weighted by Gasteiger charge is 2.19. The molecule has 0 bridgehead atoms. The van der Waals surface area contributed by atoms with Crippen molar-refractivity contribution in [2.24, 2.45) is 0 Å². The van der Waals surface area contributed by atoms with Crippen molar-refractivity contribution in [1.29, 1.82) is 0 Å². The summed E-state index contributed by atoms with van der Waals surface area (Å²) in [6.45, 7) is 4.13. The normalized spacial score (nSPS) is 13.8. The van der Waals surface area contributed by atoms with Crippen LogP contribution in [0, 0.1) is 0 Å². The molecule has 132 valence electrons. The van der Waals surface area contributed by atoms with Crippen LogP contribution < -0.4 is 9.80 Å². The zero-order valence-electron chi connectivity index (χ0n) is 15.8. The van der Waals surface area contributed by atoms with Crippen LogP contribution in [0.2, 0.25) is 0 Å². The van der Waals surface area contributed by atoms with E-state index in [9.17, 15) is 0 Å². The summed E-state index contributed by atoms with van der Waals surface area (Å²) < 4.78 is 2.40. The van der Waals surface area contributed by atoms with Crippen LogP contribution in [0.3, 0.4) is 0 Å². The average molecular weight is 337 g/mol. The van der Waals surface area contributed by atoms with Gasteiger partial charge in [0.05, 0.1) is 0 Å². The van der Waals surface area contributed by atoms with Gasteiger partial charge in [-0.2, -0.15) is 0 Å². The minimum atomic E-state index is 0.976. The molecule has 0 fully saturated rings. The fourth-order valence-corrected chi connectivity index (χ4v) is 3.11. The predicted molar refractivity (Wildman–Crippen MR) is 107 cm³/mol. The second kappa shape index (κ2) is 7.60. The number of nitrogens with zero attached hydrogens (tertiary/aromatic N) is 4. The van der Waals surface area contributed by atoms with Crippen LogP contribution in [0.4, 0.5) is 11.4 Å². The fourth-order valence-electron chi connectivity index (χ4n) is 3.11. The Kier molecular flexibility index (Phi) is 5.27. The van der Waals surface area contributed by atoms with Crippen molar-refractivity contribution in [1.82, 2.24) is 4.90 Å². The second-order valence-corrected chi connectivity index (χ2v) is 7.18. The minimum absolute atomic E-state index is 0.976. The van der Waals surface area contributed by atoms with Crippen LogP contribution in [0.5, 0.6) is 0 Å². The molecule has 4 nitrogen and oxygen atoms in total. The first-order chi connectivity index (χ1) is 12.0. The SMILES string of the molecule is CN(C)c1ccc(CN2C=[N+](Cc3ccc(N(C)C)cc3)CC2)cc1. The smallest absolute Gasteiger partial charge is 0.234 e. The van der Waals surface area contributed by atoms with E-state index in [0.29, 0.717) is 0 Å². The van der Waals surface area contributed by atoms with Crippen LogP contribution in [-0.4, -0.2) is 57.1 Å². The molecule has 0 aromatic heterocycles. The molecule has 25 heavy (non-hydrogen) atoms. The number of hydrogen-bond donors (Lipinski definition) is 0. The summed E-state index contributed by atoms with van der Waals surface area (Å²) in [6.07, 6.45) is 2.28. The highest BCUT2D eigenvalue weighted by atomic mass is 15.3. The molecule has 0 atom stereocenters. The lowest BCUT2D eigenvalue weighted by Gasteiger charge is -2.13. The Morgan fingerprint density at radius 3 is 1.84 bits per heavy atom. The summed E-state index contributed by atoms with van der Waals surface area (Å²) in [7, 11) is 8.30. The summed E-state index contributed by atoms with van der Waals surface area (Å²) in [6, 6.07) is 17.7. The molecule has 0 unspecified atom stereocenters. The molecular formula is C21H29N4+. The van der Waals surface area contributed by atoms with Crippen molar-refractivity contribution in [2.75, 3.05) is 51.1 Å². The molecule has 0 spiro atoms. The Morgan fingerprint density at radius 1 is 0.800 bits per heavy atom. The summed E-state index contributed by atoms with van der Waals surface area (Å²) in [5.74, 6) is 0. The molecule has 0 radical (unpaired) electrons. The highest BCUT2D eigenvalue weighted by molar-refractivity contribution is 5.52. The fraction of sp³-hybridized carbons (Fsp3) is 0.381. The topological polar surface area (TPSA) is 12.7 Å². The quantitative estimate of drug-likeness (QED) is 0.752. The average Bonchev–Trinajstić information content (AvgIpc) is 3.02. The van der Waals surface area contributed by atoms with Crippen molar-refractivity contribution in [3.8, 4) is 0 Å². The van der Waals surface area contributed by atoms with Gasteiger partial charge in [-0.1, -0.05) is 24.3 Å². The second-order valence-electron chi connectivity index (χ2n) is 7.18. The molecule has 4 heteroatoms. The monoisotopic (exact) mass is 337 g/mol. The molecule has 2 aromatic rings. The Hall–Kier alpha value is -2.49. The maximum Gasteiger partial charge on any atom is 0.234 e. The zero-order valence-corrected chi connectivity index (χ0v) is 15.8. The number of rotatable bonds is 6. The van der Waals surface area contributed by atoms with Crippen molar-refractivity contribution >= 4 is 17.7 Å². The van der Waals surface area contributed by atoms with E-state index in [2.05, 4.69) is 102 Å². The predicted octanol–water partition coefficient (Wildman–Crippen LogP) is 2.88. The summed E-state index contributed by atoms with van der Waals surface area (Å²) >= 11 is 0. The third-order valence-corrected chi connectivity index (χ3v) is 4.68. The van der Waals surface area contributed by atoms with Gasteiger partial charge >= 0.3 is 0 Å².